The van der Waals surface area contributed by atoms with Gasteiger partial charge in [0.1, 0.15) is 22.7 Å². The lowest BCUT2D eigenvalue weighted by molar-refractivity contribution is 0.102. The minimum Gasteiger partial charge on any atom is -0.506 e. The number of pyridine rings is 2. The van der Waals surface area contributed by atoms with E-state index in [0.29, 0.717) is 21.9 Å². The molecule has 1 aromatic carbocycles. The molecule has 0 bridgehead atoms. The fourth-order valence-corrected chi connectivity index (χ4v) is 4.74. The summed E-state index contributed by atoms with van der Waals surface area (Å²) < 4.78 is 0. The van der Waals surface area contributed by atoms with E-state index in [1.165, 1.54) is 17.5 Å². The maximum Gasteiger partial charge on any atom is 0.169 e. The number of H-pyrrole nitrogens is 2. The monoisotopic (exact) mass is 452 g/mol. The fourth-order valence-electron chi connectivity index (χ4n) is 3.84. The number of carbonyl (C=O) groups is 1. The van der Waals surface area contributed by atoms with Crippen molar-refractivity contribution in [3.63, 3.8) is 0 Å². The molecule has 0 aliphatic rings. The molecule has 5 aromatic heterocycles. The first kappa shape index (κ1) is 19.3. The van der Waals surface area contributed by atoms with Gasteiger partial charge in [-0.15, -0.1) is 11.3 Å². The van der Waals surface area contributed by atoms with Gasteiger partial charge in [0.2, 0.25) is 0 Å². The summed E-state index contributed by atoms with van der Waals surface area (Å²) in [7, 11) is 0. The third-order valence-electron chi connectivity index (χ3n) is 5.43. The Morgan fingerprint density at radius 3 is 2.73 bits per heavy atom. The first-order valence-corrected chi connectivity index (χ1v) is 11.0. The first-order chi connectivity index (χ1) is 16.1. The van der Waals surface area contributed by atoms with Crippen LogP contribution in [-0.4, -0.2) is 41.0 Å². The lowest BCUT2D eigenvalue weighted by atomic mass is 10.0. The van der Waals surface area contributed by atoms with E-state index in [0.717, 1.165) is 38.1 Å². The van der Waals surface area contributed by atoms with Gasteiger partial charge in [0.25, 0.3) is 0 Å². The summed E-state index contributed by atoms with van der Waals surface area (Å²) in [4.78, 5) is 30.1. The number of thiophene rings is 1. The van der Waals surface area contributed by atoms with Crippen LogP contribution in [0.1, 0.15) is 16.6 Å². The molecule has 3 N–H and O–H groups in total. The second-order valence-corrected chi connectivity index (χ2v) is 8.71. The Kier molecular flexibility index (Phi) is 4.30. The van der Waals surface area contributed by atoms with Crippen molar-refractivity contribution in [2.75, 3.05) is 0 Å². The van der Waals surface area contributed by atoms with E-state index in [1.807, 2.05) is 36.4 Å². The van der Waals surface area contributed by atoms with Crippen molar-refractivity contribution in [3.8, 4) is 39.0 Å². The predicted octanol–water partition coefficient (Wildman–Crippen LogP) is 5.20. The Hall–Kier alpha value is -4.37. The van der Waals surface area contributed by atoms with Crippen molar-refractivity contribution in [2.24, 2.45) is 0 Å². The quantitative estimate of drug-likeness (QED) is 0.316. The van der Waals surface area contributed by atoms with Crippen LogP contribution in [0.15, 0.2) is 61.1 Å². The van der Waals surface area contributed by atoms with Gasteiger partial charge in [-0.1, -0.05) is 6.07 Å². The minimum atomic E-state index is 0.0295. The third kappa shape index (κ3) is 3.26. The van der Waals surface area contributed by atoms with Crippen molar-refractivity contribution < 1.29 is 9.90 Å². The van der Waals surface area contributed by atoms with Crippen LogP contribution < -0.4 is 0 Å². The zero-order valence-corrected chi connectivity index (χ0v) is 18.1. The molecular weight excluding hydrogens is 436 g/mol. The number of imidazole rings is 1. The van der Waals surface area contributed by atoms with Crippen LogP contribution in [0, 0.1) is 0 Å². The number of ketones is 1. The molecule has 0 aliphatic heterocycles. The number of hydrogen-bond donors (Lipinski definition) is 3. The largest absolute Gasteiger partial charge is 0.506 e. The minimum absolute atomic E-state index is 0.0295. The van der Waals surface area contributed by atoms with Crippen LogP contribution in [-0.2, 0) is 0 Å². The molecule has 0 aliphatic carbocycles. The number of hydrogen-bond acceptors (Lipinski definition) is 7. The number of benzene rings is 1. The van der Waals surface area contributed by atoms with Crippen molar-refractivity contribution in [1.82, 2.24) is 30.1 Å². The molecule has 160 valence electrons. The normalized spacial score (nSPS) is 11.4. The van der Waals surface area contributed by atoms with Crippen LogP contribution in [0.4, 0.5) is 0 Å². The summed E-state index contributed by atoms with van der Waals surface area (Å²) in [6.07, 6.45) is 4.83. The number of rotatable bonds is 4. The van der Waals surface area contributed by atoms with Gasteiger partial charge >= 0.3 is 0 Å². The molecule has 0 saturated heterocycles. The SMILES string of the molecule is CC(=O)c1ccc(-c2nccc3[nH]c(-c4n[nH]c5ccc(-c6cncc(O)c6)cc45)nc23)s1. The lowest BCUT2D eigenvalue weighted by Crippen LogP contribution is -1.84. The van der Waals surface area contributed by atoms with Crippen LogP contribution in [0.2, 0.25) is 0 Å². The molecule has 0 unspecified atom stereocenters. The lowest BCUT2D eigenvalue weighted by Gasteiger charge is -2.02. The predicted molar refractivity (Wildman–Crippen MR) is 127 cm³/mol. The second kappa shape index (κ2) is 7.35. The molecule has 0 fully saturated rings. The molecule has 0 amide bonds. The van der Waals surface area contributed by atoms with Crippen molar-refractivity contribution in [2.45, 2.75) is 6.92 Å². The molecule has 6 aromatic rings. The Morgan fingerprint density at radius 2 is 1.91 bits per heavy atom. The summed E-state index contributed by atoms with van der Waals surface area (Å²) in [5.41, 5.74) is 5.52. The number of aromatic nitrogens is 6. The maximum absolute atomic E-state index is 11.7. The molecule has 33 heavy (non-hydrogen) atoms. The van der Waals surface area contributed by atoms with Crippen LogP contribution in [0.5, 0.6) is 5.75 Å². The number of carbonyl (C=O) groups excluding carboxylic acids is 1. The van der Waals surface area contributed by atoms with Crippen LogP contribution in [0.25, 0.3) is 55.2 Å². The standard InChI is InChI=1S/C24H16N6O2S/c1-12(31)19-4-5-20(33-19)23-22-18(6-7-26-23)27-24(28-22)21-16-9-13(2-3-17(16)29-30-21)14-8-15(32)11-25-10-14/h2-11,32H,1H3,(H,27,28)(H,29,30). The van der Waals surface area contributed by atoms with E-state index in [1.54, 1.807) is 25.4 Å². The molecule has 0 saturated carbocycles. The average molecular weight is 452 g/mol. The Labute approximate surface area is 191 Å². The highest BCUT2D eigenvalue weighted by Crippen LogP contribution is 2.34. The number of aromatic amines is 2. The van der Waals surface area contributed by atoms with E-state index in [-0.39, 0.29) is 11.5 Å². The summed E-state index contributed by atoms with van der Waals surface area (Å²) >= 11 is 1.40. The van der Waals surface area contributed by atoms with Gasteiger partial charge in [-0.3, -0.25) is 19.9 Å². The van der Waals surface area contributed by atoms with E-state index < -0.39 is 0 Å². The van der Waals surface area contributed by atoms with E-state index in [9.17, 15) is 9.90 Å². The fraction of sp³-hybridized carbons (Fsp3) is 0.0417. The summed E-state index contributed by atoms with van der Waals surface area (Å²) in [5.74, 6) is 0.751. The van der Waals surface area contributed by atoms with Gasteiger partial charge in [0.05, 0.1) is 27.0 Å². The Morgan fingerprint density at radius 1 is 1.00 bits per heavy atom. The smallest absolute Gasteiger partial charge is 0.169 e. The summed E-state index contributed by atoms with van der Waals surface area (Å²) in [5, 5.41) is 18.2. The van der Waals surface area contributed by atoms with Gasteiger partial charge in [-0.2, -0.15) is 5.10 Å². The third-order valence-corrected chi connectivity index (χ3v) is 6.62. The molecule has 0 radical (unpaired) electrons. The Balaban J connectivity index is 1.48. The zero-order chi connectivity index (χ0) is 22.5. The molecule has 0 spiro atoms. The number of nitrogens with zero attached hydrogens (tertiary/aromatic N) is 4. The number of aromatic hydroxyl groups is 1. The van der Waals surface area contributed by atoms with E-state index in [2.05, 4.69) is 25.1 Å². The van der Waals surface area contributed by atoms with Gasteiger partial charge in [-0.05, 0) is 48.9 Å². The van der Waals surface area contributed by atoms with Crippen molar-refractivity contribution in [3.05, 3.63) is 65.9 Å². The van der Waals surface area contributed by atoms with E-state index in [4.69, 9.17) is 4.98 Å². The number of fused-ring (bicyclic) bond motifs is 2. The first-order valence-electron chi connectivity index (χ1n) is 10.2. The Bertz CT molecular complexity index is 1680. The van der Waals surface area contributed by atoms with E-state index >= 15 is 0 Å². The number of nitrogens with one attached hydrogen (secondary N) is 2. The molecule has 5 heterocycles. The maximum atomic E-state index is 11.7. The number of Topliss-reactive ketones (excluding diaryl/α,β-unsaturated/α-hetero) is 1. The average Bonchev–Trinajstić information content (AvgIpc) is 3.55. The van der Waals surface area contributed by atoms with Gasteiger partial charge < -0.3 is 10.1 Å². The molecular formula is C24H16N6O2S. The van der Waals surface area contributed by atoms with Crippen LogP contribution >= 0.6 is 11.3 Å². The van der Waals surface area contributed by atoms with Crippen LogP contribution in [0.3, 0.4) is 0 Å². The summed E-state index contributed by atoms with van der Waals surface area (Å²) in [6, 6.07) is 13.1. The van der Waals surface area contributed by atoms with Gasteiger partial charge in [0.15, 0.2) is 11.6 Å². The topological polar surface area (TPSA) is 120 Å². The van der Waals surface area contributed by atoms with Crippen molar-refractivity contribution in [1.29, 1.82) is 0 Å². The van der Waals surface area contributed by atoms with Crippen molar-refractivity contribution >= 4 is 39.1 Å². The molecule has 0 atom stereocenters. The zero-order valence-electron chi connectivity index (χ0n) is 17.3. The van der Waals surface area contributed by atoms with Gasteiger partial charge in [-0.25, -0.2) is 4.98 Å². The highest BCUT2D eigenvalue weighted by atomic mass is 32.1. The highest BCUT2D eigenvalue weighted by molar-refractivity contribution is 7.17. The van der Waals surface area contributed by atoms with Gasteiger partial charge in [0, 0.05) is 23.3 Å². The molecule has 6 rings (SSSR count). The second-order valence-electron chi connectivity index (χ2n) is 7.63. The molecule has 9 heteroatoms. The molecule has 8 nitrogen and oxygen atoms in total. The highest BCUT2D eigenvalue weighted by Gasteiger charge is 2.17. The summed E-state index contributed by atoms with van der Waals surface area (Å²) in [6.45, 7) is 1.56.